The highest BCUT2D eigenvalue weighted by Crippen LogP contribution is 2.23. The van der Waals surface area contributed by atoms with Crippen LogP contribution in [0.5, 0.6) is 11.6 Å². The molecule has 3 heterocycles. The molecule has 4 aromatic rings. The fourth-order valence-corrected chi connectivity index (χ4v) is 2.97. The van der Waals surface area contributed by atoms with E-state index in [1.165, 1.54) is 28.1 Å². The van der Waals surface area contributed by atoms with Crippen molar-refractivity contribution in [2.24, 2.45) is 0 Å². The van der Waals surface area contributed by atoms with Crippen LogP contribution in [0.2, 0.25) is 5.02 Å². The number of nitrogens with one attached hydrogen (secondary N) is 1. The van der Waals surface area contributed by atoms with Crippen LogP contribution in [0.1, 0.15) is 0 Å². The molecule has 0 saturated carbocycles. The summed E-state index contributed by atoms with van der Waals surface area (Å²) in [6.45, 7) is -0.263. The first-order valence-corrected chi connectivity index (χ1v) is 8.93. The summed E-state index contributed by atoms with van der Waals surface area (Å²) in [5, 5.41) is 9.53. The Morgan fingerprint density at radius 1 is 1.22 bits per heavy atom. The SMILES string of the molecule is O=C(Cn1nc2c(Oc3ccc(Cl)cc3)nccn2c1=O)Nc1nccs1. The van der Waals surface area contributed by atoms with Crippen molar-refractivity contribution in [3.8, 4) is 11.6 Å². The molecule has 3 aromatic heterocycles. The number of halogens is 1. The number of carbonyl (C=O) groups excluding carboxylic acids is 1. The highest BCUT2D eigenvalue weighted by molar-refractivity contribution is 7.13. The molecular formula is C16H11ClN6O3S. The van der Waals surface area contributed by atoms with Gasteiger partial charge in [-0.25, -0.2) is 23.8 Å². The van der Waals surface area contributed by atoms with Gasteiger partial charge in [0.25, 0.3) is 5.88 Å². The smallest absolute Gasteiger partial charge is 0.351 e. The van der Waals surface area contributed by atoms with Crippen LogP contribution in [0.25, 0.3) is 5.65 Å². The van der Waals surface area contributed by atoms with Crippen molar-refractivity contribution in [3.05, 3.63) is 63.7 Å². The Morgan fingerprint density at radius 3 is 2.78 bits per heavy atom. The number of anilines is 1. The van der Waals surface area contributed by atoms with Crippen LogP contribution in [0.3, 0.4) is 0 Å². The lowest BCUT2D eigenvalue weighted by molar-refractivity contribution is -0.117. The van der Waals surface area contributed by atoms with E-state index in [2.05, 4.69) is 20.4 Å². The van der Waals surface area contributed by atoms with Gasteiger partial charge in [-0.15, -0.1) is 16.4 Å². The van der Waals surface area contributed by atoms with Crippen molar-refractivity contribution >= 4 is 39.6 Å². The normalized spacial score (nSPS) is 10.9. The van der Waals surface area contributed by atoms with E-state index in [9.17, 15) is 9.59 Å². The molecule has 1 N–H and O–H groups in total. The monoisotopic (exact) mass is 402 g/mol. The maximum Gasteiger partial charge on any atom is 0.351 e. The second-order valence-electron chi connectivity index (χ2n) is 5.31. The molecule has 0 fully saturated rings. The maximum atomic E-state index is 12.5. The van der Waals surface area contributed by atoms with E-state index in [1.807, 2.05) is 0 Å². The van der Waals surface area contributed by atoms with Gasteiger partial charge < -0.3 is 10.1 Å². The fraction of sp³-hybridized carbons (Fsp3) is 0.0625. The Bertz CT molecular complexity index is 1150. The maximum absolute atomic E-state index is 12.5. The Morgan fingerprint density at radius 2 is 2.04 bits per heavy atom. The van der Waals surface area contributed by atoms with Gasteiger partial charge in [0.2, 0.25) is 11.6 Å². The molecule has 0 aliphatic carbocycles. The van der Waals surface area contributed by atoms with Crippen LogP contribution >= 0.6 is 22.9 Å². The Labute approximate surface area is 160 Å². The van der Waals surface area contributed by atoms with Gasteiger partial charge in [-0.1, -0.05) is 11.6 Å². The minimum Gasteiger partial charge on any atom is -0.436 e. The van der Waals surface area contributed by atoms with E-state index >= 15 is 0 Å². The lowest BCUT2D eigenvalue weighted by Crippen LogP contribution is -2.28. The Balaban J connectivity index is 1.61. The van der Waals surface area contributed by atoms with E-state index in [1.54, 1.807) is 35.8 Å². The molecule has 1 amide bonds. The summed E-state index contributed by atoms with van der Waals surface area (Å²) >= 11 is 7.14. The lowest BCUT2D eigenvalue weighted by atomic mass is 10.3. The van der Waals surface area contributed by atoms with Crippen molar-refractivity contribution in [3.63, 3.8) is 0 Å². The van der Waals surface area contributed by atoms with Gasteiger partial charge in [0, 0.05) is 29.0 Å². The third-order valence-corrected chi connectivity index (χ3v) is 4.41. The summed E-state index contributed by atoms with van der Waals surface area (Å²) in [6, 6.07) is 6.68. The molecule has 9 nitrogen and oxygen atoms in total. The van der Waals surface area contributed by atoms with E-state index in [-0.39, 0.29) is 18.1 Å². The molecule has 0 spiro atoms. The predicted octanol–water partition coefficient (Wildman–Crippen LogP) is 2.43. The standard InChI is InChI=1S/C16H11ClN6O3S/c17-10-1-3-11(4-2-10)26-14-13-21-23(16(25)22(13)7-5-18-14)9-12(24)20-15-19-6-8-27-15/h1-8H,9H2,(H,19,20,24). The molecule has 0 aliphatic rings. The third-order valence-electron chi connectivity index (χ3n) is 3.47. The summed E-state index contributed by atoms with van der Waals surface area (Å²) in [7, 11) is 0. The van der Waals surface area contributed by atoms with Gasteiger partial charge in [0.05, 0.1) is 0 Å². The van der Waals surface area contributed by atoms with Crippen molar-refractivity contribution in [1.29, 1.82) is 0 Å². The molecule has 0 radical (unpaired) electrons. The summed E-state index contributed by atoms with van der Waals surface area (Å²) in [5.41, 5.74) is -0.290. The number of rotatable bonds is 5. The second-order valence-corrected chi connectivity index (χ2v) is 6.64. The van der Waals surface area contributed by atoms with Crippen LogP contribution < -0.4 is 15.7 Å². The number of aromatic nitrogens is 5. The van der Waals surface area contributed by atoms with E-state index < -0.39 is 11.6 Å². The van der Waals surface area contributed by atoms with E-state index in [0.29, 0.717) is 15.9 Å². The number of thiazole rings is 1. The van der Waals surface area contributed by atoms with Crippen LogP contribution in [-0.2, 0) is 11.3 Å². The average molecular weight is 403 g/mol. The zero-order chi connectivity index (χ0) is 18.8. The molecule has 27 heavy (non-hydrogen) atoms. The van der Waals surface area contributed by atoms with Crippen molar-refractivity contribution in [2.45, 2.75) is 6.54 Å². The number of ether oxygens (including phenoxy) is 1. The van der Waals surface area contributed by atoms with Gasteiger partial charge in [0.1, 0.15) is 12.3 Å². The molecule has 0 saturated heterocycles. The van der Waals surface area contributed by atoms with Crippen LogP contribution in [0, 0.1) is 0 Å². The number of amides is 1. The summed E-state index contributed by atoms with van der Waals surface area (Å²) in [4.78, 5) is 32.7. The zero-order valence-corrected chi connectivity index (χ0v) is 15.1. The molecule has 0 atom stereocenters. The molecular weight excluding hydrogens is 392 g/mol. The molecule has 0 aliphatic heterocycles. The highest BCUT2D eigenvalue weighted by atomic mass is 35.5. The molecule has 136 valence electrons. The third kappa shape index (κ3) is 3.66. The van der Waals surface area contributed by atoms with Gasteiger partial charge in [0.15, 0.2) is 5.13 Å². The molecule has 4 rings (SSSR count). The molecule has 0 bridgehead atoms. The number of hydrogen-bond donors (Lipinski definition) is 1. The van der Waals surface area contributed by atoms with E-state index in [0.717, 1.165) is 4.68 Å². The molecule has 1 aromatic carbocycles. The zero-order valence-electron chi connectivity index (χ0n) is 13.6. The van der Waals surface area contributed by atoms with E-state index in [4.69, 9.17) is 16.3 Å². The largest absolute Gasteiger partial charge is 0.436 e. The first-order chi connectivity index (χ1) is 13.1. The second kappa shape index (κ2) is 7.17. The fourth-order valence-electron chi connectivity index (χ4n) is 2.30. The Hall–Kier alpha value is -3.24. The first-order valence-electron chi connectivity index (χ1n) is 7.67. The average Bonchev–Trinajstić information content (AvgIpc) is 3.27. The van der Waals surface area contributed by atoms with Gasteiger partial charge >= 0.3 is 5.69 Å². The number of hydrogen-bond acceptors (Lipinski definition) is 7. The summed E-state index contributed by atoms with van der Waals surface area (Å²) in [5.74, 6) is 0.211. The van der Waals surface area contributed by atoms with Crippen molar-refractivity contribution < 1.29 is 9.53 Å². The predicted molar refractivity (Wildman–Crippen MR) is 99.5 cm³/mol. The molecule has 0 unspecified atom stereocenters. The first kappa shape index (κ1) is 17.2. The number of carbonyl (C=O) groups is 1. The number of nitrogens with zero attached hydrogens (tertiary/aromatic N) is 5. The lowest BCUT2D eigenvalue weighted by Gasteiger charge is -2.04. The highest BCUT2D eigenvalue weighted by Gasteiger charge is 2.16. The van der Waals surface area contributed by atoms with Crippen molar-refractivity contribution in [1.82, 2.24) is 24.1 Å². The van der Waals surface area contributed by atoms with Gasteiger partial charge in [-0.2, -0.15) is 0 Å². The van der Waals surface area contributed by atoms with Crippen molar-refractivity contribution in [2.75, 3.05) is 5.32 Å². The number of fused-ring (bicyclic) bond motifs is 1. The van der Waals surface area contributed by atoms with Crippen LogP contribution in [0.15, 0.2) is 53.0 Å². The summed E-state index contributed by atoms with van der Waals surface area (Å²) < 4.78 is 7.99. The summed E-state index contributed by atoms with van der Waals surface area (Å²) in [6.07, 6.45) is 4.44. The van der Waals surface area contributed by atoms with Gasteiger partial charge in [-0.05, 0) is 24.3 Å². The van der Waals surface area contributed by atoms with Gasteiger partial charge in [-0.3, -0.25) is 4.79 Å². The number of benzene rings is 1. The quantitative estimate of drug-likeness (QED) is 0.550. The topological polar surface area (TPSA) is 103 Å². The Kier molecular flexibility index (Phi) is 4.57. The van der Waals surface area contributed by atoms with Crippen LogP contribution in [0.4, 0.5) is 5.13 Å². The minimum atomic E-state index is -0.484. The van der Waals surface area contributed by atoms with Crippen LogP contribution in [-0.4, -0.2) is 30.1 Å². The molecule has 11 heteroatoms. The minimum absolute atomic E-state index is 0.135.